The smallest absolute Gasteiger partial charge is 0.173 e. The third-order valence-electron chi connectivity index (χ3n) is 5.71. The number of piperazine rings is 1. The summed E-state index contributed by atoms with van der Waals surface area (Å²) in [5, 5.41) is 12.8. The van der Waals surface area contributed by atoms with Gasteiger partial charge in [-0.2, -0.15) is 0 Å². The number of tetrazole rings is 1. The molecule has 0 saturated carbocycles. The highest BCUT2D eigenvalue weighted by Crippen LogP contribution is 2.29. The Bertz CT molecular complexity index is 903. The van der Waals surface area contributed by atoms with Crippen LogP contribution in [0.25, 0.3) is 0 Å². The standard InChI is InChI=1S/C23H30N6O/c1-3-27-14-16-28(17-15-27)22(20-10-12-21(13-11-20)30-4-2)23-24-25-26-29(23)18-19-8-6-5-7-9-19/h5-13,22H,3-4,14-18H2,1-2H3. The fourth-order valence-electron chi connectivity index (χ4n) is 4.05. The van der Waals surface area contributed by atoms with Crippen LogP contribution < -0.4 is 4.74 Å². The van der Waals surface area contributed by atoms with Crippen LogP contribution in [0.3, 0.4) is 0 Å². The summed E-state index contributed by atoms with van der Waals surface area (Å²) in [5.41, 5.74) is 2.37. The molecule has 7 nitrogen and oxygen atoms in total. The number of nitrogens with zero attached hydrogens (tertiary/aromatic N) is 6. The minimum Gasteiger partial charge on any atom is -0.494 e. The van der Waals surface area contributed by atoms with Crippen molar-refractivity contribution in [2.24, 2.45) is 0 Å². The van der Waals surface area contributed by atoms with Crippen molar-refractivity contribution >= 4 is 0 Å². The maximum absolute atomic E-state index is 5.64. The molecule has 2 aromatic carbocycles. The van der Waals surface area contributed by atoms with Gasteiger partial charge >= 0.3 is 0 Å². The molecule has 1 aliphatic heterocycles. The summed E-state index contributed by atoms with van der Waals surface area (Å²) in [6, 6.07) is 18.7. The highest BCUT2D eigenvalue weighted by atomic mass is 16.5. The Morgan fingerprint density at radius 3 is 2.33 bits per heavy atom. The van der Waals surface area contributed by atoms with E-state index in [4.69, 9.17) is 4.74 Å². The summed E-state index contributed by atoms with van der Waals surface area (Å²) in [6.45, 7) is 10.7. The van der Waals surface area contributed by atoms with E-state index in [0.717, 1.165) is 44.3 Å². The Hall–Kier alpha value is -2.77. The first-order valence-electron chi connectivity index (χ1n) is 10.8. The number of ether oxygens (including phenoxy) is 1. The lowest BCUT2D eigenvalue weighted by molar-refractivity contribution is 0.108. The van der Waals surface area contributed by atoms with Crippen molar-refractivity contribution in [1.82, 2.24) is 30.0 Å². The molecule has 7 heteroatoms. The second-order valence-corrected chi connectivity index (χ2v) is 7.56. The summed E-state index contributed by atoms with van der Waals surface area (Å²) >= 11 is 0. The first-order valence-corrected chi connectivity index (χ1v) is 10.8. The van der Waals surface area contributed by atoms with Crippen molar-refractivity contribution < 1.29 is 4.74 Å². The molecule has 0 spiro atoms. The van der Waals surface area contributed by atoms with E-state index in [9.17, 15) is 0 Å². The van der Waals surface area contributed by atoms with Gasteiger partial charge in [-0.25, -0.2) is 4.68 Å². The zero-order chi connectivity index (χ0) is 20.8. The zero-order valence-corrected chi connectivity index (χ0v) is 17.8. The van der Waals surface area contributed by atoms with E-state index in [1.54, 1.807) is 0 Å². The lowest BCUT2D eigenvalue weighted by Gasteiger charge is -2.38. The molecule has 0 aliphatic carbocycles. The SMILES string of the molecule is CCOc1ccc(C(c2nnnn2Cc2ccccc2)N2CCN(CC)CC2)cc1. The first-order chi connectivity index (χ1) is 14.8. The fraction of sp³-hybridized carbons (Fsp3) is 0.435. The van der Waals surface area contributed by atoms with E-state index in [0.29, 0.717) is 13.2 Å². The maximum atomic E-state index is 5.64. The third-order valence-corrected chi connectivity index (χ3v) is 5.71. The summed E-state index contributed by atoms with van der Waals surface area (Å²) in [7, 11) is 0. The highest BCUT2D eigenvalue weighted by molar-refractivity contribution is 5.32. The average Bonchev–Trinajstić information content (AvgIpc) is 3.24. The van der Waals surface area contributed by atoms with Crippen LogP contribution in [0.4, 0.5) is 0 Å². The number of benzene rings is 2. The maximum Gasteiger partial charge on any atom is 0.173 e. The Labute approximate surface area is 178 Å². The summed E-state index contributed by atoms with van der Waals surface area (Å²) < 4.78 is 7.58. The van der Waals surface area contributed by atoms with Crippen LogP contribution in [0.15, 0.2) is 54.6 Å². The molecular formula is C23H30N6O. The molecule has 0 amide bonds. The molecule has 0 radical (unpaired) electrons. The second kappa shape index (κ2) is 9.82. The quantitative estimate of drug-likeness (QED) is 0.573. The molecule has 2 heterocycles. The van der Waals surface area contributed by atoms with Gasteiger partial charge in [0, 0.05) is 26.2 Å². The molecule has 1 saturated heterocycles. The summed E-state index contributed by atoms with van der Waals surface area (Å²) in [6.07, 6.45) is 0. The van der Waals surface area contributed by atoms with Crippen molar-refractivity contribution in [3.63, 3.8) is 0 Å². The van der Waals surface area contributed by atoms with Crippen LogP contribution in [0.2, 0.25) is 0 Å². The van der Waals surface area contributed by atoms with Crippen LogP contribution in [0, 0.1) is 0 Å². The molecule has 0 N–H and O–H groups in total. The largest absolute Gasteiger partial charge is 0.494 e. The molecule has 1 unspecified atom stereocenters. The van der Waals surface area contributed by atoms with E-state index in [2.05, 4.69) is 56.5 Å². The Kier molecular flexibility index (Phi) is 6.71. The second-order valence-electron chi connectivity index (χ2n) is 7.56. The summed E-state index contributed by atoms with van der Waals surface area (Å²) in [4.78, 5) is 4.98. The highest BCUT2D eigenvalue weighted by Gasteiger charge is 2.30. The Morgan fingerprint density at radius 1 is 0.933 bits per heavy atom. The third kappa shape index (κ3) is 4.68. The molecule has 3 aromatic rings. The normalized spacial score (nSPS) is 16.5. The van der Waals surface area contributed by atoms with Crippen molar-refractivity contribution in [2.75, 3.05) is 39.3 Å². The van der Waals surface area contributed by atoms with Crippen molar-refractivity contribution in [3.05, 3.63) is 71.5 Å². The van der Waals surface area contributed by atoms with Crippen LogP contribution in [0.1, 0.15) is 36.8 Å². The van der Waals surface area contributed by atoms with Crippen molar-refractivity contribution in [1.29, 1.82) is 0 Å². The van der Waals surface area contributed by atoms with E-state index in [1.165, 1.54) is 11.1 Å². The minimum atomic E-state index is 0.0124. The monoisotopic (exact) mass is 406 g/mol. The molecule has 30 heavy (non-hydrogen) atoms. The Morgan fingerprint density at radius 2 is 1.67 bits per heavy atom. The summed E-state index contributed by atoms with van der Waals surface area (Å²) in [5.74, 6) is 1.77. The van der Waals surface area contributed by atoms with Crippen LogP contribution in [-0.4, -0.2) is 69.3 Å². The van der Waals surface area contributed by atoms with Gasteiger partial charge in [-0.1, -0.05) is 49.4 Å². The van der Waals surface area contributed by atoms with E-state index in [1.807, 2.05) is 41.9 Å². The predicted molar refractivity (Wildman–Crippen MR) is 117 cm³/mol. The van der Waals surface area contributed by atoms with Gasteiger partial charge in [0.1, 0.15) is 5.75 Å². The number of likely N-dealkylation sites (N-methyl/N-ethyl adjacent to an activating group) is 1. The van der Waals surface area contributed by atoms with Gasteiger partial charge in [0.15, 0.2) is 5.82 Å². The molecule has 1 fully saturated rings. The Balaban J connectivity index is 1.65. The number of aromatic nitrogens is 4. The van der Waals surface area contributed by atoms with Crippen LogP contribution >= 0.6 is 0 Å². The fourth-order valence-corrected chi connectivity index (χ4v) is 4.05. The molecule has 1 atom stereocenters. The van der Waals surface area contributed by atoms with Gasteiger partial charge in [0.2, 0.25) is 0 Å². The van der Waals surface area contributed by atoms with Crippen LogP contribution in [-0.2, 0) is 6.54 Å². The molecule has 0 bridgehead atoms. The van der Waals surface area contributed by atoms with E-state index < -0.39 is 0 Å². The molecular weight excluding hydrogens is 376 g/mol. The topological polar surface area (TPSA) is 59.3 Å². The number of rotatable bonds is 8. The predicted octanol–water partition coefficient (Wildman–Crippen LogP) is 2.85. The van der Waals surface area contributed by atoms with Crippen LogP contribution in [0.5, 0.6) is 5.75 Å². The van der Waals surface area contributed by atoms with Crippen molar-refractivity contribution in [2.45, 2.75) is 26.4 Å². The lowest BCUT2D eigenvalue weighted by atomic mass is 10.0. The van der Waals surface area contributed by atoms with Gasteiger partial charge < -0.3 is 9.64 Å². The van der Waals surface area contributed by atoms with Gasteiger partial charge in [-0.15, -0.1) is 5.10 Å². The average molecular weight is 407 g/mol. The lowest BCUT2D eigenvalue weighted by Crippen LogP contribution is -2.48. The van der Waals surface area contributed by atoms with Crippen molar-refractivity contribution in [3.8, 4) is 5.75 Å². The first kappa shape index (κ1) is 20.5. The number of hydrogen-bond acceptors (Lipinski definition) is 6. The molecule has 1 aromatic heterocycles. The van der Waals surface area contributed by atoms with Gasteiger partial charge in [0.05, 0.1) is 19.2 Å². The molecule has 158 valence electrons. The molecule has 4 rings (SSSR count). The number of hydrogen-bond donors (Lipinski definition) is 0. The van der Waals surface area contributed by atoms with E-state index in [-0.39, 0.29) is 6.04 Å². The van der Waals surface area contributed by atoms with Gasteiger partial charge in [0.25, 0.3) is 0 Å². The minimum absolute atomic E-state index is 0.0124. The van der Waals surface area contributed by atoms with Gasteiger partial charge in [-0.05, 0) is 47.2 Å². The molecule has 1 aliphatic rings. The van der Waals surface area contributed by atoms with E-state index >= 15 is 0 Å². The zero-order valence-electron chi connectivity index (χ0n) is 17.8. The van der Waals surface area contributed by atoms with Gasteiger partial charge in [-0.3, -0.25) is 4.90 Å².